The molecule has 136 valence electrons. The van der Waals surface area contributed by atoms with E-state index in [0.29, 0.717) is 16.5 Å². The van der Waals surface area contributed by atoms with Crippen LogP contribution in [-0.4, -0.2) is 53.0 Å². The Hall–Kier alpha value is -1.06. The first-order valence-electron chi connectivity index (χ1n) is 8.07. The van der Waals surface area contributed by atoms with Crippen LogP contribution in [0.3, 0.4) is 0 Å². The molecule has 25 heavy (non-hydrogen) atoms. The zero-order valence-corrected chi connectivity index (χ0v) is 15.9. The van der Waals surface area contributed by atoms with E-state index in [1.807, 2.05) is 0 Å². The summed E-state index contributed by atoms with van der Waals surface area (Å²) in [6.45, 7) is 1.83. The molecule has 6 nitrogen and oxygen atoms in total. The topological polar surface area (TPSA) is 76.5 Å². The molecule has 0 bridgehead atoms. The summed E-state index contributed by atoms with van der Waals surface area (Å²) in [4.78, 5) is 0. The Bertz CT molecular complexity index is 650. The van der Waals surface area contributed by atoms with Crippen LogP contribution in [0.5, 0.6) is 5.75 Å². The normalized spacial score (nSPS) is 18.2. The molecule has 0 aliphatic carbocycles. The van der Waals surface area contributed by atoms with E-state index in [-0.39, 0.29) is 12.7 Å². The van der Waals surface area contributed by atoms with Crippen molar-refractivity contribution >= 4 is 39.8 Å². The lowest BCUT2D eigenvalue weighted by atomic mass is 10.2. The third-order valence-electron chi connectivity index (χ3n) is 3.57. The van der Waals surface area contributed by atoms with Gasteiger partial charge in [0, 0.05) is 23.9 Å². The van der Waals surface area contributed by atoms with Gasteiger partial charge >= 0.3 is 0 Å². The first-order valence-corrected chi connectivity index (χ1v) is 10.3. The van der Waals surface area contributed by atoms with E-state index in [1.54, 1.807) is 24.3 Å². The summed E-state index contributed by atoms with van der Waals surface area (Å²) in [7, 11) is 0. The molecule has 2 heterocycles. The second kappa shape index (κ2) is 9.59. The highest BCUT2D eigenvalue weighted by Crippen LogP contribution is 2.26. The molecule has 0 saturated carbocycles. The second-order valence-electron chi connectivity index (χ2n) is 5.62. The number of nitrogens with zero attached hydrogens (tertiary/aromatic N) is 2. The molecule has 1 saturated heterocycles. The van der Waals surface area contributed by atoms with Gasteiger partial charge in [-0.2, -0.15) is 0 Å². The number of nitrogens with one attached hydrogen (secondary N) is 1. The van der Waals surface area contributed by atoms with Crippen LogP contribution in [0.15, 0.2) is 28.6 Å². The SMILES string of the molecule is O[C@H](COc1ccc(Cl)cc1)CSc1nnc(NC[C@@H]2CCCO2)s1. The third-order valence-corrected chi connectivity index (χ3v) is 5.98. The van der Waals surface area contributed by atoms with Gasteiger partial charge in [0.05, 0.1) is 12.2 Å². The van der Waals surface area contributed by atoms with Gasteiger partial charge in [-0.05, 0) is 37.1 Å². The number of hydrogen-bond donors (Lipinski definition) is 2. The van der Waals surface area contributed by atoms with Crippen molar-refractivity contribution in [3.63, 3.8) is 0 Å². The number of aliphatic hydroxyl groups is 1. The zero-order chi connectivity index (χ0) is 17.5. The first-order chi connectivity index (χ1) is 12.2. The Morgan fingerprint density at radius 1 is 1.40 bits per heavy atom. The molecule has 2 atom stereocenters. The van der Waals surface area contributed by atoms with Gasteiger partial charge in [-0.15, -0.1) is 10.2 Å². The quantitative estimate of drug-likeness (QED) is 0.624. The number of hydrogen-bond acceptors (Lipinski definition) is 8. The maximum atomic E-state index is 10.0. The molecule has 2 N–H and O–H groups in total. The van der Waals surface area contributed by atoms with Crippen molar-refractivity contribution in [3.8, 4) is 5.75 Å². The van der Waals surface area contributed by atoms with Crippen molar-refractivity contribution in [2.24, 2.45) is 0 Å². The van der Waals surface area contributed by atoms with Crippen molar-refractivity contribution in [1.82, 2.24) is 10.2 Å². The smallest absolute Gasteiger partial charge is 0.206 e. The molecule has 0 radical (unpaired) electrons. The van der Waals surface area contributed by atoms with Crippen LogP contribution in [0.1, 0.15) is 12.8 Å². The summed E-state index contributed by atoms with van der Waals surface area (Å²) in [6.07, 6.45) is 1.90. The fourth-order valence-corrected chi connectivity index (χ4v) is 4.10. The number of ether oxygens (including phenoxy) is 2. The van der Waals surface area contributed by atoms with Crippen LogP contribution >= 0.6 is 34.7 Å². The summed E-state index contributed by atoms with van der Waals surface area (Å²) < 4.78 is 11.9. The predicted molar refractivity (Wildman–Crippen MR) is 101 cm³/mol. The lowest BCUT2D eigenvalue weighted by Gasteiger charge is -2.11. The van der Waals surface area contributed by atoms with E-state index >= 15 is 0 Å². The van der Waals surface area contributed by atoms with E-state index in [2.05, 4.69) is 15.5 Å². The maximum Gasteiger partial charge on any atom is 0.206 e. The number of anilines is 1. The molecule has 9 heteroatoms. The Morgan fingerprint density at radius 3 is 3.00 bits per heavy atom. The second-order valence-corrected chi connectivity index (χ2v) is 8.30. The van der Waals surface area contributed by atoms with Gasteiger partial charge in [0.1, 0.15) is 12.4 Å². The largest absolute Gasteiger partial charge is 0.491 e. The monoisotopic (exact) mass is 401 g/mol. The number of aliphatic hydroxyl groups excluding tert-OH is 1. The van der Waals surface area contributed by atoms with Gasteiger partial charge in [0.2, 0.25) is 5.13 Å². The number of rotatable bonds is 9. The highest BCUT2D eigenvalue weighted by molar-refractivity contribution is 8.01. The molecule has 2 aromatic rings. The molecule has 1 aliphatic heterocycles. The summed E-state index contributed by atoms with van der Waals surface area (Å²) >= 11 is 8.77. The minimum absolute atomic E-state index is 0.220. The minimum Gasteiger partial charge on any atom is -0.491 e. The predicted octanol–water partition coefficient (Wildman–Crippen LogP) is 3.31. The molecule has 1 aliphatic rings. The van der Waals surface area contributed by atoms with E-state index < -0.39 is 6.10 Å². The van der Waals surface area contributed by atoms with Gasteiger partial charge in [-0.1, -0.05) is 34.7 Å². The van der Waals surface area contributed by atoms with Crippen LogP contribution in [-0.2, 0) is 4.74 Å². The Morgan fingerprint density at radius 2 is 2.24 bits per heavy atom. The van der Waals surface area contributed by atoms with Gasteiger partial charge in [-0.25, -0.2) is 0 Å². The molecular formula is C16H20ClN3O3S2. The van der Waals surface area contributed by atoms with Crippen LogP contribution in [0.2, 0.25) is 5.02 Å². The Balaban J connectivity index is 1.35. The zero-order valence-electron chi connectivity index (χ0n) is 13.6. The van der Waals surface area contributed by atoms with Crippen molar-refractivity contribution < 1.29 is 14.6 Å². The average molecular weight is 402 g/mol. The number of thioether (sulfide) groups is 1. The number of benzene rings is 1. The van der Waals surface area contributed by atoms with E-state index in [1.165, 1.54) is 23.1 Å². The summed E-state index contributed by atoms with van der Waals surface area (Å²) in [5.74, 6) is 1.18. The minimum atomic E-state index is -0.590. The molecule has 1 aromatic carbocycles. The maximum absolute atomic E-state index is 10.0. The van der Waals surface area contributed by atoms with Gasteiger partial charge in [-0.3, -0.25) is 0 Å². The van der Waals surface area contributed by atoms with Gasteiger partial charge in [0.15, 0.2) is 4.34 Å². The Kier molecular flexibility index (Phi) is 7.18. The summed E-state index contributed by atoms with van der Waals surface area (Å²) in [6, 6.07) is 7.06. The van der Waals surface area contributed by atoms with Gasteiger partial charge < -0.3 is 19.9 Å². The molecular weight excluding hydrogens is 382 g/mol. The molecule has 3 rings (SSSR count). The van der Waals surface area contributed by atoms with Gasteiger partial charge in [0.25, 0.3) is 0 Å². The first kappa shape index (κ1) is 18.7. The van der Waals surface area contributed by atoms with Crippen LogP contribution in [0.4, 0.5) is 5.13 Å². The fourth-order valence-electron chi connectivity index (χ4n) is 2.28. The van der Waals surface area contributed by atoms with Crippen molar-refractivity contribution in [2.45, 2.75) is 29.4 Å². The summed E-state index contributed by atoms with van der Waals surface area (Å²) in [5, 5.41) is 23.0. The standard InChI is InChI=1S/C16H20ClN3O3S2/c17-11-3-5-13(6-4-11)23-9-12(21)10-24-16-20-19-15(25-16)18-8-14-2-1-7-22-14/h3-6,12,14,21H,1-2,7-10H2,(H,18,19)/t12-,14+/m1/s1. The lowest BCUT2D eigenvalue weighted by Crippen LogP contribution is -2.19. The van der Waals surface area contributed by atoms with Crippen LogP contribution in [0.25, 0.3) is 0 Å². The molecule has 0 unspecified atom stereocenters. The van der Waals surface area contributed by atoms with Crippen molar-refractivity contribution in [1.29, 1.82) is 0 Å². The highest BCUT2D eigenvalue weighted by Gasteiger charge is 2.16. The lowest BCUT2D eigenvalue weighted by molar-refractivity contribution is 0.120. The van der Waals surface area contributed by atoms with E-state index in [9.17, 15) is 5.11 Å². The van der Waals surface area contributed by atoms with E-state index in [4.69, 9.17) is 21.1 Å². The molecule has 1 aromatic heterocycles. The van der Waals surface area contributed by atoms with E-state index in [0.717, 1.165) is 35.5 Å². The molecule has 1 fully saturated rings. The van der Waals surface area contributed by atoms with Crippen molar-refractivity contribution in [2.75, 3.05) is 30.8 Å². The number of aromatic nitrogens is 2. The third kappa shape index (κ3) is 6.31. The molecule has 0 spiro atoms. The Labute approximate surface area is 159 Å². The number of halogens is 1. The summed E-state index contributed by atoms with van der Waals surface area (Å²) in [5.41, 5.74) is 0. The average Bonchev–Trinajstić information content (AvgIpc) is 3.29. The van der Waals surface area contributed by atoms with Crippen LogP contribution in [0, 0.1) is 0 Å². The highest BCUT2D eigenvalue weighted by atomic mass is 35.5. The fraction of sp³-hybridized carbons (Fsp3) is 0.500. The van der Waals surface area contributed by atoms with Crippen LogP contribution < -0.4 is 10.1 Å². The molecule has 0 amide bonds. The van der Waals surface area contributed by atoms with Crippen molar-refractivity contribution in [3.05, 3.63) is 29.3 Å².